The van der Waals surface area contributed by atoms with Crippen LogP contribution < -0.4 is 16.5 Å². The maximum Gasteiger partial charge on any atom is 0.196 e. The number of hydrogen-bond acceptors (Lipinski definition) is 5. The minimum Gasteiger partial charge on any atom is -0.369 e. The van der Waals surface area contributed by atoms with E-state index in [0.717, 1.165) is 6.42 Å². The van der Waals surface area contributed by atoms with E-state index in [1.54, 1.807) is 6.07 Å². The molecule has 4 aromatic rings. The van der Waals surface area contributed by atoms with Gasteiger partial charge < -0.3 is 11.1 Å². The molecule has 7 heteroatoms. The number of rotatable bonds is 4. The average molecular weight is 371 g/mol. The third-order valence-corrected chi connectivity index (χ3v) is 5.38. The summed E-state index contributed by atoms with van der Waals surface area (Å²) in [5, 5.41) is 4.28. The number of nitrogens with one attached hydrogen (secondary N) is 1. The second kappa shape index (κ2) is 6.59. The molecule has 2 heterocycles. The zero-order valence-corrected chi connectivity index (χ0v) is 14.5. The number of hydrogen-bond donors (Lipinski definition) is 2. The van der Waals surface area contributed by atoms with Crippen LogP contribution in [0.5, 0.6) is 0 Å². The van der Waals surface area contributed by atoms with Crippen LogP contribution in [-0.2, 0) is 0 Å². The van der Waals surface area contributed by atoms with Crippen LogP contribution >= 0.6 is 11.3 Å². The molecule has 0 saturated carbocycles. The third kappa shape index (κ3) is 2.79. The highest BCUT2D eigenvalue weighted by atomic mass is 32.1. The van der Waals surface area contributed by atoms with E-state index in [-0.39, 0.29) is 10.8 Å². The molecule has 2 aromatic heterocycles. The van der Waals surface area contributed by atoms with Gasteiger partial charge in [0.15, 0.2) is 5.43 Å². The first kappa shape index (κ1) is 16.8. The van der Waals surface area contributed by atoms with Gasteiger partial charge in [0.2, 0.25) is 0 Å². The van der Waals surface area contributed by atoms with E-state index in [1.165, 1.54) is 41.7 Å². The molecule has 0 spiro atoms. The van der Waals surface area contributed by atoms with E-state index in [0.29, 0.717) is 44.6 Å². The Morgan fingerprint density at radius 1 is 1.08 bits per heavy atom. The molecule has 132 valence electrons. The Morgan fingerprint density at radius 2 is 1.81 bits per heavy atom. The number of nitrogens with two attached hydrogens (primary N) is 1. The Kier molecular flexibility index (Phi) is 4.26. The summed E-state index contributed by atoms with van der Waals surface area (Å²) in [6.07, 6.45) is 0.748. The normalized spacial score (nSPS) is 11.5. The Hall–Kier alpha value is -2.64. The highest BCUT2D eigenvalue weighted by molar-refractivity contribution is 7.25. The Morgan fingerprint density at radius 3 is 2.58 bits per heavy atom. The van der Waals surface area contributed by atoms with Crippen molar-refractivity contribution in [2.75, 3.05) is 18.4 Å². The average Bonchev–Trinajstić information content (AvgIpc) is 2.63. The van der Waals surface area contributed by atoms with E-state index in [1.807, 2.05) is 0 Å². The molecule has 4 rings (SSSR count). The SMILES string of the molecule is NCCCNc1nc2ccc(F)cc2c2c(=O)c3cc(F)ccc3sc12. The smallest absolute Gasteiger partial charge is 0.196 e. The Bertz CT molecular complexity index is 1210. The van der Waals surface area contributed by atoms with Gasteiger partial charge in [0.1, 0.15) is 17.5 Å². The molecular weight excluding hydrogens is 356 g/mol. The highest BCUT2D eigenvalue weighted by Gasteiger charge is 2.16. The maximum atomic E-state index is 13.8. The van der Waals surface area contributed by atoms with Gasteiger partial charge in [0, 0.05) is 22.0 Å². The minimum atomic E-state index is -0.480. The number of fused-ring (bicyclic) bond motifs is 4. The van der Waals surface area contributed by atoms with Crippen LogP contribution in [0.25, 0.3) is 31.1 Å². The first-order chi connectivity index (χ1) is 12.6. The van der Waals surface area contributed by atoms with Crippen molar-refractivity contribution in [2.24, 2.45) is 5.73 Å². The molecule has 0 aliphatic heterocycles. The quantitative estimate of drug-likeness (QED) is 0.323. The molecule has 2 aromatic carbocycles. The zero-order chi connectivity index (χ0) is 18.3. The molecule has 4 nitrogen and oxygen atoms in total. The van der Waals surface area contributed by atoms with Gasteiger partial charge in [-0.3, -0.25) is 4.79 Å². The maximum absolute atomic E-state index is 13.8. The number of pyridine rings is 1. The van der Waals surface area contributed by atoms with Crippen LogP contribution in [0, 0.1) is 11.6 Å². The van der Waals surface area contributed by atoms with Crippen LogP contribution in [-0.4, -0.2) is 18.1 Å². The van der Waals surface area contributed by atoms with Crippen molar-refractivity contribution in [3.05, 3.63) is 58.3 Å². The molecule has 0 amide bonds. The predicted molar refractivity (Wildman–Crippen MR) is 103 cm³/mol. The fourth-order valence-electron chi connectivity index (χ4n) is 2.98. The van der Waals surface area contributed by atoms with Crippen molar-refractivity contribution in [1.82, 2.24) is 4.98 Å². The van der Waals surface area contributed by atoms with E-state index in [2.05, 4.69) is 10.3 Å². The summed E-state index contributed by atoms with van der Waals surface area (Å²) in [6.45, 7) is 1.13. The van der Waals surface area contributed by atoms with Gasteiger partial charge in [-0.25, -0.2) is 13.8 Å². The van der Waals surface area contributed by atoms with E-state index < -0.39 is 11.6 Å². The van der Waals surface area contributed by atoms with Gasteiger partial charge in [-0.15, -0.1) is 11.3 Å². The summed E-state index contributed by atoms with van der Waals surface area (Å²) in [5.41, 5.74) is 5.72. The number of benzene rings is 2. The first-order valence-electron chi connectivity index (χ1n) is 8.18. The third-order valence-electron chi connectivity index (χ3n) is 4.20. The molecule has 0 aliphatic rings. The Labute approximate surface area is 151 Å². The fourth-order valence-corrected chi connectivity index (χ4v) is 4.12. The van der Waals surface area contributed by atoms with Gasteiger partial charge in [0.25, 0.3) is 0 Å². The van der Waals surface area contributed by atoms with Crippen LogP contribution in [0.3, 0.4) is 0 Å². The van der Waals surface area contributed by atoms with Gasteiger partial charge in [-0.1, -0.05) is 0 Å². The lowest BCUT2D eigenvalue weighted by atomic mass is 10.1. The monoisotopic (exact) mass is 371 g/mol. The molecule has 26 heavy (non-hydrogen) atoms. The number of nitrogens with zero attached hydrogens (tertiary/aromatic N) is 1. The molecular formula is C19H15F2N3OS. The molecule has 0 fully saturated rings. The lowest BCUT2D eigenvalue weighted by Crippen LogP contribution is -2.11. The largest absolute Gasteiger partial charge is 0.369 e. The molecule has 0 aliphatic carbocycles. The van der Waals surface area contributed by atoms with Crippen molar-refractivity contribution in [3.63, 3.8) is 0 Å². The number of anilines is 1. The molecule has 0 bridgehead atoms. The summed E-state index contributed by atoms with van der Waals surface area (Å²) < 4.78 is 28.7. The minimum absolute atomic E-state index is 0.284. The fraction of sp³-hybridized carbons (Fsp3) is 0.158. The molecule has 0 unspecified atom stereocenters. The number of halogens is 2. The van der Waals surface area contributed by atoms with Crippen molar-refractivity contribution < 1.29 is 8.78 Å². The van der Waals surface area contributed by atoms with E-state index in [9.17, 15) is 13.6 Å². The summed E-state index contributed by atoms with van der Waals surface area (Å²) in [5.74, 6) is -0.374. The van der Waals surface area contributed by atoms with Gasteiger partial charge in [0.05, 0.1) is 15.6 Å². The second-order valence-corrected chi connectivity index (χ2v) is 7.02. The van der Waals surface area contributed by atoms with Crippen molar-refractivity contribution in [1.29, 1.82) is 0 Å². The van der Waals surface area contributed by atoms with Crippen LogP contribution in [0.2, 0.25) is 0 Å². The standard InChI is InChI=1S/C19H15F2N3OS/c20-10-2-4-14-12(8-10)16-17(25)13-9-11(21)3-5-15(13)26-18(16)19(24-14)23-7-1-6-22/h2-5,8-9H,1,6-7,22H2,(H,23,24). The summed E-state index contributed by atoms with van der Waals surface area (Å²) in [4.78, 5) is 17.7. The highest BCUT2D eigenvalue weighted by Crippen LogP contribution is 2.34. The number of aromatic nitrogens is 1. The van der Waals surface area contributed by atoms with E-state index in [4.69, 9.17) is 5.73 Å². The van der Waals surface area contributed by atoms with Gasteiger partial charge in [-0.2, -0.15) is 0 Å². The van der Waals surface area contributed by atoms with Gasteiger partial charge >= 0.3 is 0 Å². The Balaban J connectivity index is 2.13. The van der Waals surface area contributed by atoms with Crippen molar-refractivity contribution in [2.45, 2.75) is 6.42 Å². The molecule has 0 radical (unpaired) electrons. The predicted octanol–water partition coefficient (Wildman–Crippen LogP) is 4.00. The topological polar surface area (TPSA) is 68.0 Å². The van der Waals surface area contributed by atoms with Crippen LogP contribution in [0.4, 0.5) is 14.6 Å². The van der Waals surface area contributed by atoms with Crippen LogP contribution in [0.15, 0.2) is 41.2 Å². The second-order valence-electron chi connectivity index (χ2n) is 5.97. The van der Waals surface area contributed by atoms with E-state index >= 15 is 0 Å². The summed E-state index contributed by atoms with van der Waals surface area (Å²) in [6, 6.07) is 8.27. The lowest BCUT2D eigenvalue weighted by molar-refractivity contribution is 0.629. The van der Waals surface area contributed by atoms with Gasteiger partial charge in [-0.05, 0) is 49.4 Å². The molecule has 3 N–H and O–H groups in total. The molecule has 0 atom stereocenters. The lowest BCUT2D eigenvalue weighted by Gasteiger charge is -2.11. The van der Waals surface area contributed by atoms with Crippen molar-refractivity contribution in [3.8, 4) is 0 Å². The first-order valence-corrected chi connectivity index (χ1v) is 8.99. The van der Waals surface area contributed by atoms with Crippen molar-refractivity contribution >= 4 is 48.2 Å². The zero-order valence-electron chi connectivity index (χ0n) is 13.7. The summed E-state index contributed by atoms with van der Waals surface area (Å²) in [7, 11) is 0. The van der Waals surface area contributed by atoms with Crippen LogP contribution in [0.1, 0.15) is 6.42 Å². The molecule has 0 saturated heterocycles. The summed E-state index contributed by atoms with van der Waals surface area (Å²) >= 11 is 1.33.